The number of halogens is 1. The third-order valence-electron chi connectivity index (χ3n) is 3.75. The number of nitrogens with two attached hydrogens (primary N) is 1. The fraction of sp³-hybridized carbons (Fsp3) is 0.0556. The van der Waals surface area contributed by atoms with Gasteiger partial charge in [0.15, 0.2) is 0 Å². The molecule has 0 aliphatic heterocycles. The number of rotatable bonds is 7. The summed E-state index contributed by atoms with van der Waals surface area (Å²) < 4.78 is 54.9. The molecule has 0 atom stereocenters. The fourth-order valence-corrected chi connectivity index (χ4v) is 3.92. The lowest BCUT2D eigenvalue weighted by atomic mass is 10.3. The molecule has 0 unspecified atom stereocenters. The molecular formula is C18H16ClN3O5S2. The number of nitrogens with one attached hydrogen (secondary N) is 1. The third-order valence-corrected chi connectivity index (χ3v) is 6.35. The average Bonchev–Trinajstić information content (AvgIpc) is 3.13. The lowest BCUT2D eigenvalue weighted by Crippen LogP contribution is -2.22. The number of furan rings is 1. The van der Waals surface area contributed by atoms with Crippen LogP contribution in [0.2, 0.25) is 5.02 Å². The van der Waals surface area contributed by atoms with E-state index >= 15 is 0 Å². The molecule has 0 amide bonds. The number of benzene rings is 2. The number of aliphatic imine (C=N–C) groups is 1. The summed E-state index contributed by atoms with van der Waals surface area (Å²) >= 11 is 5.76. The van der Waals surface area contributed by atoms with Gasteiger partial charge in [-0.15, -0.1) is 0 Å². The van der Waals surface area contributed by atoms with Crippen LogP contribution in [0.1, 0.15) is 11.5 Å². The lowest BCUT2D eigenvalue weighted by molar-refractivity contribution is 0.494. The first-order valence-corrected chi connectivity index (χ1v) is 11.6. The van der Waals surface area contributed by atoms with Crippen LogP contribution in [0.4, 0.5) is 5.69 Å². The standard InChI is InChI=1S/C18H16ClN3O5S2/c19-13-1-7-18(8-2-13)29(25,26)22-12-16-6-5-15(27-16)11-21-14-3-9-17(10-4-14)28(20,23)24/h1-11,22H,12H2,(H2,20,23,24). The summed E-state index contributed by atoms with van der Waals surface area (Å²) in [7, 11) is -7.46. The summed E-state index contributed by atoms with van der Waals surface area (Å²) in [6, 6.07) is 14.8. The molecule has 1 aromatic heterocycles. The van der Waals surface area contributed by atoms with E-state index in [4.69, 9.17) is 21.2 Å². The smallest absolute Gasteiger partial charge is 0.240 e. The maximum Gasteiger partial charge on any atom is 0.240 e. The second kappa shape index (κ2) is 8.47. The highest BCUT2D eigenvalue weighted by atomic mass is 35.5. The van der Waals surface area contributed by atoms with Crippen molar-refractivity contribution in [3.05, 3.63) is 77.2 Å². The van der Waals surface area contributed by atoms with Crippen LogP contribution in [0.15, 0.2) is 79.9 Å². The second-order valence-corrected chi connectivity index (χ2v) is 9.64. The maximum atomic E-state index is 12.3. The maximum absolute atomic E-state index is 12.3. The van der Waals surface area contributed by atoms with Gasteiger partial charge in [-0.1, -0.05) is 11.6 Å². The SMILES string of the molecule is NS(=O)(=O)c1ccc(N=Cc2ccc(CNS(=O)(=O)c3ccc(Cl)cc3)o2)cc1. The Hall–Kier alpha value is -2.50. The molecule has 0 saturated heterocycles. The molecule has 29 heavy (non-hydrogen) atoms. The first-order valence-electron chi connectivity index (χ1n) is 8.14. The van der Waals surface area contributed by atoms with Gasteiger partial charge in [0.25, 0.3) is 0 Å². The minimum Gasteiger partial charge on any atom is -0.459 e. The highest BCUT2D eigenvalue weighted by molar-refractivity contribution is 7.89. The Labute approximate surface area is 173 Å². The average molecular weight is 454 g/mol. The summed E-state index contributed by atoms with van der Waals surface area (Å²) in [5.74, 6) is 0.801. The first kappa shape index (κ1) is 21.2. The van der Waals surface area contributed by atoms with E-state index in [9.17, 15) is 16.8 Å². The van der Waals surface area contributed by atoms with Crippen LogP contribution < -0.4 is 9.86 Å². The molecule has 0 saturated carbocycles. The molecule has 3 rings (SSSR count). The van der Waals surface area contributed by atoms with Gasteiger partial charge < -0.3 is 4.42 Å². The summed E-state index contributed by atoms with van der Waals surface area (Å²) in [5, 5.41) is 5.48. The predicted molar refractivity (Wildman–Crippen MR) is 109 cm³/mol. The van der Waals surface area contributed by atoms with Crippen LogP contribution in [-0.4, -0.2) is 23.1 Å². The topological polar surface area (TPSA) is 132 Å². The van der Waals surface area contributed by atoms with E-state index in [0.29, 0.717) is 22.2 Å². The molecule has 152 valence electrons. The Kier molecular flexibility index (Phi) is 6.20. The second-order valence-electron chi connectivity index (χ2n) is 5.88. The number of hydrogen-bond acceptors (Lipinski definition) is 6. The largest absolute Gasteiger partial charge is 0.459 e. The monoisotopic (exact) mass is 453 g/mol. The Morgan fingerprint density at radius 3 is 2.17 bits per heavy atom. The van der Waals surface area contributed by atoms with Gasteiger partial charge in [-0.2, -0.15) is 0 Å². The fourth-order valence-electron chi connectivity index (χ4n) is 2.28. The zero-order valence-corrected chi connectivity index (χ0v) is 17.2. The van der Waals surface area contributed by atoms with E-state index in [-0.39, 0.29) is 16.3 Å². The van der Waals surface area contributed by atoms with E-state index in [0.717, 1.165) is 0 Å². The Bertz CT molecular complexity index is 1230. The number of nitrogens with zero attached hydrogens (tertiary/aromatic N) is 1. The predicted octanol–water partition coefficient (Wildman–Crippen LogP) is 2.81. The van der Waals surface area contributed by atoms with Gasteiger partial charge in [-0.05, 0) is 60.7 Å². The lowest BCUT2D eigenvalue weighted by Gasteiger charge is -2.05. The van der Waals surface area contributed by atoms with Gasteiger partial charge in [0.2, 0.25) is 20.0 Å². The Balaban J connectivity index is 1.63. The molecule has 0 fully saturated rings. The van der Waals surface area contributed by atoms with E-state index in [1.54, 1.807) is 12.1 Å². The highest BCUT2D eigenvalue weighted by Crippen LogP contribution is 2.17. The number of sulfonamides is 2. The van der Waals surface area contributed by atoms with Gasteiger partial charge in [0, 0.05) is 5.02 Å². The van der Waals surface area contributed by atoms with E-state index in [1.165, 1.54) is 54.7 Å². The minimum absolute atomic E-state index is 0.00953. The molecule has 8 nitrogen and oxygen atoms in total. The molecule has 0 radical (unpaired) electrons. The van der Waals surface area contributed by atoms with Crippen LogP contribution in [0.5, 0.6) is 0 Å². The molecular weight excluding hydrogens is 438 g/mol. The van der Waals surface area contributed by atoms with Crippen molar-refractivity contribution in [3.63, 3.8) is 0 Å². The Morgan fingerprint density at radius 2 is 1.55 bits per heavy atom. The minimum atomic E-state index is -3.76. The molecule has 0 bridgehead atoms. The van der Waals surface area contributed by atoms with Crippen molar-refractivity contribution < 1.29 is 21.3 Å². The quantitative estimate of drug-likeness (QED) is 0.531. The summed E-state index contributed by atoms with van der Waals surface area (Å²) in [6.07, 6.45) is 1.43. The number of hydrogen-bond donors (Lipinski definition) is 2. The van der Waals surface area contributed by atoms with E-state index in [2.05, 4.69) is 9.71 Å². The van der Waals surface area contributed by atoms with Gasteiger partial charge >= 0.3 is 0 Å². The van der Waals surface area contributed by atoms with Crippen molar-refractivity contribution in [3.8, 4) is 0 Å². The Morgan fingerprint density at radius 1 is 0.931 bits per heavy atom. The van der Waals surface area contributed by atoms with Crippen molar-refractivity contribution >= 4 is 43.5 Å². The zero-order chi connectivity index (χ0) is 21.1. The molecule has 11 heteroatoms. The van der Waals surface area contributed by atoms with Gasteiger partial charge in [-0.25, -0.2) is 26.7 Å². The van der Waals surface area contributed by atoms with E-state index < -0.39 is 20.0 Å². The van der Waals surface area contributed by atoms with Crippen molar-refractivity contribution in [2.45, 2.75) is 16.3 Å². The van der Waals surface area contributed by atoms with Gasteiger partial charge in [-0.3, -0.25) is 4.99 Å². The molecule has 2 aromatic carbocycles. The third kappa shape index (κ3) is 5.75. The van der Waals surface area contributed by atoms with Gasteiger partial charge in [0.1, 0.15) is 11.5 Å². The van der Waals surface area contributed by atoms with Crippen LogP contribution in [0.3, 0.4) is 0 Å². The van der Waals surface area contributed by atoms with Gasteiger partial charge in [0.05, 0.1) is 28.2 Å². The summed E-state index contributed by atoms with van der Waals surface area (Å²) in [5.41, 5.74) is 0.499. The van der Waals surface area contributed by atoms with E-state index in [1.807, 2.05) is 0 Å². The summed E-state index contributed by atoms with van der Waals surface area (Å²) in [6.45, 7) is -0.0398. The molecule has 1 heterocycles. The molecule has 3 aromatic rings. The van der Waals surface area contributed by atoms with Crippen LogP contribution >= 0.6 is 11.6 Å². The highest BCUT2D eigenvalue weighted by Gasteiger charge is 2.14. The summed E-state index contributed by atoms with van der Waals surface area (Å²) in [4.78, 5) is 4.26. The van der Waals surface area contributed by atoms with Crippen LogP contribution in [-0.2, 0) is 26.6 Å². The van der Waals surface area contributed by atoms with Crippen molar-refractivity contribution in [2.24, 2.45) is 10.1 Å². The van der Waals surface area contributed by atoms with Crippen molar-refractivity contribution in [1.29, 1.82) is 0 Å². The molecule has 0 aliphatic carbocycles. The first-order chi connectivity index (χ1) is 13.6. The zero-order valence-electron chi connectivity index (χ0n) is 14.8. The van der Waals surface area contributed by atoms with Crippen molar-refractivity contribution in [2.75, 3.05) is 0 Å². The molecule has 3 N–H and O–H groups in total. The molecule has 0 aliphatic rings. The molecule has 0 spiro atoms. The van der Waals surface area contributed by atoms with Crippen molar-refractivity contribution in [1.82, 2.24) is 4.72 Å². The van der Waals surface area contributed by atoms with Crippen LogP contribution in [0, 0.1) is 0 Å². The normalized spacial score (nSPS) is 12.5. The van der Waals surface area contributed by atoms with Crippen LogP contribution in [0.25, 0.3) is 0 Å². The number of primary sulfonamides is 1.